The molecule has 9 heteroatoms. The van der Waals surface area contributed by atoms with Crippen LogP contribution < -0.4 is 15.7 Å². The maximum absolute atomic E-state index is 13.6. The number of methoxy groups -OCH3 is 1. The minimum absolute atomic E-state index is 0.0461. The van der Waals surface area contributed by atoms with Gasteiger partial charge in [-0.25, -0.2) is 14.8 Å². The number of hydrazone groups is 1. The number of halogens is 1. The van der Waals surface area contributed by atoms with Crippen LogP contribution in [-0.4, -0.2) is 34.5 Å². The molecular formula is C24H19FN4O3S. The van der Waals surface area contributed by atoms with Gasteiger partial charge in [0.2, 0.25) is 0 Å². The molecule has 0 bridgehead atoms. The Kier molecular flexibility index (Phi) is 6.80. The Morgan fingerprint density at radius 1 is 1.12 bits per heavy atom. The maximum atomic E-state index is 13.6. The van der Waals surface area contributed by atoms with Gasteiger partial charge in [-0.05, 0) is 42.5 Å². The lowest BCUT2D eigenvalue weighted by atomic mass is 10.2. The topological polar surface area (TPSA) is 85.6 Å². The number of carbonyl (C=O) groups excluding carboxylic acids is 1. The highest BCUT2D eigenvalue weighted by molar-refractivity contribution is 7.99. The van der Waals surface area contributed by atoms with Crippen LogP contribution in [0.15, 0.2) is 87.8 Å². The zero-order valence-corrected chi connectivity index (χ0v) is 18.4. The molecule has 0 aliphatic carbocycles. The number of benzene rings is 3. The normalized spacial score (nSPS) is 11.1. The number of para-hydroxylation sites is 1. The third-order valence-electron chi connectivity index (χ3n) is 4.71. The molecular weight excluding hydrogens is 443 g/mol. The molecule has 0 aliphatic rings. The largest absolute Gasteiger partial charge is 0.497 e. The fraction of sp³-hybridized carbons (Fsp3) is 0.0833. The number of hydrogen-bond acceptors (Lipinski definition) is 6. The Labute approximate surface area is 192 Å². The molecule has 1 N–H and O–H groups in total. The smallest absolute Gasteiger partial charge is 0.266 e. The molecule has 0 spiro atoms. The summed E-state index contributed by atoms with van der Waals surface area (Å²) in [6.07, 6.45) is 1.24. The van der Waals surface area contributed by atoms with Gasteiger partial charge in [-0.2, -0.15) is 5.10 Å². The molecule has 0 atom stereocenters. The van der Waals surface area contributed by atoms with Gasteiger partial charge in [-0.15, -0.1) is 0 Å². The molecule has 1 aromatic heterocycles. The van der Waals surface area contributed by atoms with Gasteiger partial charge in [-0.1, -0.05) is 42.1 Å². The summed E-state index contributed by atoms with van der Waals surface area (Å²) in [7, 11) is 1.56. The van der Waals surface area contributed by atoms with Crippen molar-refractivity contribution in [1.29, 1.82) is 0 Å². The third-order valence-corrected chi connectivity index (χ3v) is 5.64. The second kappa shape index (κ2) is 10.1. The van der Waals surface area contributed by atoms with Crippen molar-refractivity contribution >= 4 is 34.8 Å². The van der Waals surface area contributed by atoms with Crippen LogP contribution in [0.5, 0.6) is 5.75 Å². The summed E-state index contributed by atoms with van der Waals surface area (Å²) in [6.45, 7) is 0. The van der Waals surface area contributed by atoms with E-state index in [1.165, 1.54) is 16.8 Å². The van der Waals surface area contributed by atoms with Crippen LogP contribution >= 0.6 is 11.8 Å². The van der Waals surface area contributed by atoms with Crippen molar-refractivity contribution in [2.75, 3.05) is 12.9 Å². The molecule has 1 heterocycles. The van der Waals surface area contributed by atoms with Crippen LogP contribution in [0.1, 0.15) is 5.56 Å². The van der Waals surface area contributed by atoms with Crippen molar-refractivity contribution < 1.29 is 13.9 Å². The fourth-order valence-electron chi connectivity index (χ4n) is 3.08. The standard InChI is InChI=1S/C24H19FN4O3S/c1-32-18-12-10-17(11-13-18)29-23(31)19-7-3-5-9-21(19)27-24(29)33-15-22(30)28-26-14-16-6-2-4-8-20(16)25/h2-14H,15H2,1H3,(H,28,30). The second-order valence-electron chi connectivity index (χ2n) is 6.85. The number of thioether (sulfide) groups is 1. The molecule has 166 valence electrons. The zero-order valence-electron chi connectivity index (χ0n) is 17.6. The van der Waals surface area contributed by atoms with E-state index in [2.05, 4.69) is 15.5 Å². The van der Waals surface area contributed by atoms with E-state index in [0.717, 1.165) is 11.8 Å². The SMILES string of the molecule is COc1ccc(-n2c(SCC(=O)NN=Cc3ccccc3F)nc3ccccc3c2=O)cc1. The predicted octanol–water partition coefficient (Wildman–Crippen LogP) is 3.78. The van der Waals surface area contributed by atoms with Gasteiger partial charge >= 0.3 is 0 Å². The van der Waals surface area contributed by atoms with Crippen molar-refractivity contribution in [1.82, 2.24) is 15.0 Å². The Morgan fingerprint density at radius 3 is 2.61 bits per heavy atom. The van der Waals surface area contributed by atoms with Crippen molar-refractivity contribution in [3.8, 4) is 11.4 Å². The first kappa shape index (κ1) is 22.2. The monoisotopic (exact) mass is 462 g/mol. The lowest BCUT2D eigenvalue weighted by molar-refractivity contribution is -0.118. The van der Waals surface area contributed by atoms with Gasteiger partial charge in [0.25, 0.3) is 11.5 Å². The van der Waals surface area contributed by atoms with Crippen LogP contribution in [0.25, 0.3) is 16.6 Å². The summed E-state index contributed by atoms with van der Waals surface area (Å²) in [5, 5.41) is 4.63. The van der Waals surface area contributed by atoms with Crippen LogP contribution in [0.2, 0.25) is 0 Å². The molecule has 0 aliphatic heterocycles. The maximum Gasteiger partial charge on any atom is 0.266 e. The van der Waals surface area contributed by atoms with E-state index in [0.29, 0.717) is 27.5 Å². The summed E-state index contributed by atoms with van der Waals surface area (Å²) < 4.78 is 20.3. The number of nitrogens with one attached hydrogen (secondary N) is 1. The van der Waals surface area contributed by atoms with Crippen LogP contribution in [0.4, 0.5) is 4.39 Å². The number of ether oxygens (including phenoxy) is 1. The van der Waals surface area contributed by atoms with E-state index < -0.39 is 11.7 Å². The van der Waals surface area contributed by atoms with E-state index in [-0.39, 0.29) is 16.9 Å². The van der Waals surface area contributed by atoms with E-state index in [4.69, 9.17) is 4.74 Å². The molecule has 1 amide bonds. The fourth-order valence-corrected chi connectivity index (χ4v) is 3.89. The summed E-state index contributed by atoms with van der Waals surface area (Å²) in [4.78, 5) is 30.1. The molecule has 0 fully saturated rings. The first-order chi connectivity index (χ1) is 16.1. The number of rotatable bonds is 7. The summed E-state index contributed by atoms with van der Waals surface area (Å²) >= 11 is 1.10. The van der Waals surface area contributed by atoms with E-state index in [1.54, 1.807) is 73.8 Å². The van der Waals surface area contributed by atoms with Gasteiger partial charge in [-0.3, -0.25) is 14.2 Å². The van der Waals surface area contributed by atoms with Crippen molar-refractivity contribution in [3.05, 3.63) is 94.5 Å². The Balaban J connectivity index is 1.58. The van der Waals surface area contributed by atoms with Crippen LogP contribution in [0, 0.1) is 5.82 Å². The number of aromatic nitrogens is 2. The number of hydrogen-bond donors (Lipinski definition) is 1. The predicted molar refractivity (Wildman–Crippen MR) is 127 cm³/mol. The zero-order chi connectivity index (χ0) is 23.2. The number of amides is 1. The molecule has 0 radical (unpaired) electrons. The summed E-state index contributed by atoms with van der Waals surface area (Å²) in [5.41, 5.74) is 3.51. The minimum Gasteiger partial charge on any atom is -0.497 e. The summed E-state index contributed by atoms with van der Waals surface area (Å²) in [6, 6.07) is 20.1. The highest BCUT2D eigenvalue weighted by Gasteiger charge is 2.15. The molecule has 0 saturated heterocycles. The van der Waals surface area contributed by atoms with Gasteiger partial charge in [0.15, 0.2) is 5.16 Å². The van der Waals surface area contributed by atoms with Crippen molar-refractivity contribution in [2.24, 2.45) is 5.10 Å². The molecule has 0 unspecified atom stereocenters. The quantitative estimate of drug-likeness (QED) is 0.196. The van der Waals surface area contributed by atoms with Crippen LogP contribution in [-0.2, 0) is 4.79 Å². The first-order valence-electron chi connectivity index (χ1n) is 9.92. The van der Waals surface area contributed by atoms with Gasteiger partial charge < -0.3 is 4.74 Å². The van der Waals surface area contributed by atoms with E-state index in [1.807, 2.05) is 0 Å². The Bertz CT molecular complexity index is 1390. The molecule has 33 heavy (non-hydrogen) atoms. The van der Waals surface area contributed by atoms with E-state index >= 15 is 0 Å². The number of carbonyl (C=O) groups is 1. The molecule has 0 saturated carbocycles. The average Bonchev–Trinajstić information content (AvgIpc) is 2.84. The van der Waals surface area contributed by atoms with Gasteiger partial charge in [0.05, 0.1) is 35.7 Å². The van der Waals surface area contributed by atoms with E-state index in [9.17, 15) is 14.0 Å². The number of fused-ring (bicyclic) bond motifs is 1. The van der Waals surface area contributed by atoms with Gasteiger partial charge in [0.1, 0.15) is 11.6 Å². The number of nitrogens with zero attached hydrogens (tertiary/aromatic N) is 3. The Hall–Kier alpha value is -3.98. The van der Waals surface area contributed by atoms with Gasteiger partial charge in [0, 0.05) is 5.56 Å². The first-order valence-corrected chi connectivity index (χ1v) is 10.9. The lowest BCUT2D eigenvalue weighted by Crippen LogP contribution is -2.24. The highest BCUT2D eigenvalue weighted by Crippen LogP contribution is 2.22. The molecule has 7 nitrogen and oxygen atoms in total. The van der Waals surface area contributed by atoms with Crippen LogP contribution in [0.3, 0.4) is 0 Å². The molecule has 4 rings (SSSR count). The minimum atomic E-state index is -0.436. The van der Waals surface area contributed by atoms with Crippen molar-refractivity contribution in [3.63, 3.8) is 0 Å². The molecule has 4 aromatic rings. The highest BCUT2D eigenvalue weighted by atomic mass is 32.2. The lowest BCUT2D eigenvalue weighted by Gasteiger charge is -2.13. The summed E-state index contributed by atoms with van der Waals surface area (Å²) in [5.74, 6) is -0.248. The van der Waals surface area contributed by atoms with Crippen molar-refractivity contribution in [2.45, 2.75) is 5.16 Å². The third kappa shape index (κ3) is 5.09. The molecule has 3 aromatic carbocycles. The second-order valence-corrected chi connectivity index (χ2v) is 7.80. The Morgan fingerprint density at radius 2 is 1.85 bits per heavy atom. The average molecular weight is 463 g/mol.